The second kappa shape index (κ2) is 9.27. The van der Waals surface area contributed by atoms with Gasteiger partial charge in [0.2, 0.25) is 0 Å². The first kappa shape index (κ1) is 28.0. The number of Topliss-reactive ketones (excluding diaryl/α,β-unsaturated/α-hetero) is 1. The summed E-state index contributed by atoms with van der Waals surface area (Å²) in [5.41, 5.74) is 1.24. The molecule has 4 atom stereocenters. The number of allylic oxidation sites excluding steroid dienone is 2. The van der Waals surface area contributed by atoms with Crippen molar-refractivity contribution < 1.29 is 19.2 Å². The summed E-state index contributed by atoms with van der Waals surface area (Å²) in [4.78, 5) is 50.5. The maximum absolute atomic E-state index is 13.9. The summed E-state index contributed by atoms with van der Waals surface area (Å²) in [5, 5.41) is 1.13. The second-order valence-corrected chi connectivity index (χ2v) is 12.9. The molecule has 0 unspecified atom stereocenters. The van der Waals surface area contributed by atoms with E-state index in [4.69, 9.17) is 81.2 Å². The number of hydrogen-bond donors (Lipinski definition) is 0. The molecule has 0 N–H and O–H groups in total. The highest BCUT2D eigenvalue weighted by Gasteiger charge is 2.88. The highest BCUT2D eigenvalue weighted by molar-refractivity contribution is 6.66. The fourth-order valence-electron chi connectivity index (χ4n) is 5.16. The van der Waals surface area contributed by atoms with E-state index in [1.54, 1.807) is 24.3 Å². The first-order valence-corrected chi connectivity index (χ1v) is 13.7. The number of amides is 3. The number of halogens is 7. The maximum atomic E-state index is 13.9. The van der Waals surface area contributed by atoms with E-state index >= 15 is 0 Å². The Morgan fingerprint density at radius 1 is 0.789 bits per heavy atom. The van der Waals surface area contributed by atoms with Gasteiger partial charge in [0.05, 0.1) is 21.9 Å². The highest BCUT2D eigenvalue weighted by Crippen LogP contribution is 2.77. The third-order valence-electron chi connectivity index (χ3n) is 7.12. The van der Waals surface area contributed by atoms with E-state index in [9.17, 15) is 19.2 Å². The number of benzene rings is 2. The molecule has 2 aromatic rings. The molecule has 3 amide bonds. The SMILES string of the molecule is Cc1ccc(C(=O)CN(C(=O)c2ccc(Cl)cc2)N2C(=O)[C@@H]3[C@H](C2=O)[C@@]2(Cl)C(Cl)=C(Cl)[C@@]3(Cl)C2(Cl)Cl)cc1. The van der Waals surface area contributed by atoms with Gasteiger partial charge in [-0.15, -0.1) is 23.2 Å². The molecule has 2 aromatic carbocycles. The molecule has 0 aromatic heterocycles. The van der Waals surface area contributed by atoms with Crippen LogP contribution in [0.15, 0.2) is 58.6 Å². The molecule has 1 saturated heterocycles. The van der Waals surface area contributed by atoms with Crippen LogP contribution < -0.4 is 0 Å². The molecule has 5 rings (SSSR count). The molecule has 2 bridgehead atoms. The molecule has 1 saturated carbocycles. The van der Waals surface area contributed by atoms with E-state index in [0.717, 1.165) is 10.6 Å². The van der Waals surface area contributed by atoms with Gasteiger partial charge < -0.3 is 0 Å². The number of ketones is 1. The van der Waals surface area contributed by atoms with Gasteiger partial charge in [0, 0.05) is 16.1 Å². The summed E-state index contributed by atoms with van der Waals surface area (Å²) in [5.74, 6) is -6.19. The Labute approximate surface area is 252 Å². The molecule has 38 heavy (non-hydrogen) atoms. The van der Waals surface area contributed by atoms with Crippen LogP contribution in [0.1, 0.15) is 26.3 Å². The van der Waals surface area contributed by atoms with Gasteiger partial charge in [-0.2, -0.15) is 5.01 Å². The highest BCUT2D eigenvalue weighted by atomic mass is 35.5. The Balaban J connectivity index is 1.59. The van der Waals surface area contributed by atoms with Crippen LogP contribution >= 0.6 is 81.2 Å². The molecule has 2 fully saturated rings. The molecule has 0 radical (unpaired) electrons. The number of rotatable bonds is 5. The van der Waals surface area contributed by atoms with Crippen LogP contribution in [-0.4, -0.2) is 54.1 Å². The van der Waals surface area contributed by atoms with Gasteiger partial charge in [-0.3, -0.25) is 19.2 Å². The fraction of sp³-hybridized carbons (Fsp3) is 0.280. The third-order valence-corrected chi connectivity index (χ3v) is 11.6. The van der Waals surface area contributed by atoms with Crippen molar-refractivity contribution in [2.24, 2.45) is 11.8 Å². The fourth-order valence-corrected chi connectivity index (χ4v) is 8.21. The van der Waals surface area contributed by atoms with Crippen molar-refractivity contribution >= 4 is 105 Å². The zero-order chi connectivity index (χ0) is 27.9. The van der Waals surface area contributed by atoms with E-state index in [1.165, 1.54) is 24.3 Å². The molecule has 1 heterocycles. The molecule has 198 valence electrons. The van der Waals surface area contributed by atoms with Gasteiger partial charge >= 0.3 is 0 Å². The van der Waals surface area contributed by atoms with Crippen LogP contribution in [-0.2, 0) is 9.59 Å². The first-order chi connectivity index (χ1) is 17.7. The quantitative estimate of drug-likeness (QED) is 0.214. The van der Waals surface area contributed by atoms with Gasteiger partial charge in [0.1, 0.15) is 16.3 Å². The summed E-state index contributed by atoms with van der Waals surface area (Å²) < 4.78 is -2.13. The van der Waals surface area contributed by atoms with E-state index in [2.05, 4.69) is 0 Å². The Bertz CT molecular complexity index is 1400. The summed E-state index contributed by atoms with van der Waals surface area (Å²) in [6.45, 7) is 1.19. The molecular formula is C25H15Cl7N2O4. The lowest BCUT2D eigenvalue weighted by molar-refractivity contribution is -0.154. The number of fused-ring (bicyclic) bond motifs is 5. The van der Waals surface area contributed by atoms with Crippen LogP contribution in [0.3, 0.4) is 0 Å². The van der Waals surface area contributed by atoms with Crippen LogP contribution in [0.5, 0.6) is 0 Å². The minimum atomic E-state index is -2.13. The Hall–Kier alpha value is -1.51. The number of imide groups is 1. The zero-order valence-corrected chi connectivity index (χ0v) is 24.4. The number of hydrogen-bond acceptors (Lipinski definition) is 4. The van der Waals surface area contributed by atoms with Crippen molar-refractivity contribution in [2.75, 3.05) is 6.54 Å². The monoisotopic (exact) mass is 652 g/mol. The number of carbonyl (C=O) groups excluding carboxylic acids is 4. The minimum Gasteiger partial charge on any atom is -0.292 e. The number of aryl methyl sites for hydroxylation is 1. The zero-order valence-electron chi connectivity index (χ0n) is 19.2. The summed E-state index contributed by atoms with van der Waals surface area (Å²) in [7, 11) is 0. The molecular weight excluding hydrogens is 640 g/mol. The molecule has 13 heteroatoms. The molecule has 3 aliphatic rings. The Morgan fingerprint density at radius 3 is 1.71 bits per heavy atom. The van der Waals surface area contributed by atoms with E-state index < -0.39 is 56.0 Å². The lowest BCUT2D eigenvalue weighted by atomic mass is 9.84. The Morgan fingerprint density at radius 2 is 1.24 bits per heavy atom. The van der Waals surface area contributed by atoms with Crippen molar-refractivity contribution in [3.8, 4) is 0 Å². The topological polar surface area (TPSA) is 74.8 Å². The Kier molecular flexibility index (Phi) is 6.84. The molecule has 0 spiro atoms. The van der Waals surface area contributed by atoms with E-state index in [0.29, 0.717) is 10.0 Å². The van der Waals surface area contributed by atoms with E-state index in [1.807, 2.05) is 6.92 Å². The van der Waals surface area contributed by atoms with Crippen LogP contribution in [0.25, 0.3) is 0 Å². The normalized spacial score (nSPS) is 29.2. The van der Waals surface area contributed by atoms with Crippen LogP contribution in [0, 0.1) is 18.8 Å². The predicted molar refractivity (Wildman–Crippen MR) is 147 cm³/mol. The van der Waals surface area contributed by atoms with Gasteiger partial charge in [0.25, 0.3) is 17.7 Å². The van der Waals surface area contributed by atoms with E-state index in [-0.39, 0.29) is 21.2 Å². The standard InChI is InChI=1S/C25H15Cl7N2O4/c1-11-2-4-12(5-3-11)15(35)10-33(20(36)13-6-8-14(26)9-7-13)34-21(37)16-17(22(34)38)24(30)19(28)18(27)23(16,29)25(24,31)32/h2-9,16-17H,10H2,1H3/t16-,17+,23-,24-/m1/s1. The summed E-state index contributed by atoms with van der Waals surface area (Å²) in [6, 6.07) is 12.3. The van der Waals surface area contributed by atoms with Crippen LogP contribution in [0.4, 0.5) is 0 Å². The number of nitrogens with zero attached hydrogens (tertiary/aromatic N) is 2. The first-order valence-electron chi connectivity index (χ1n) is 11.1. The van der Waals surface area contributed by atoms with Crippen molar-refractivity contribution in [1.29, 1.82) is 0 Å². The second-order valence-electron chi connectivity index (χ2n) is 9.23. The van der Waals surface area contributed by atoms with Crippen molar-refractivity contribution in [1.82, 2.24) is 10.0 Å². The average molecular weight is 656 g/mol. The molecule has 2 aliphatic carbocycles. The van der Waals surface area contributed by atoms with Crippen molar-refractivity contribution in [3.63, 3.8) is 0 Å². The minimum absolute atomic E-state index is 0.0612. The lowest BCUT2D eigenvalue weighted by Crippen LogP contribution is -2.56. The lowest BCUT2D eigenvalue weighted by Gasteiger charge is -2.36. The third kappa shape index (κ3) is 3.54. The summed E-state index contributed by atoms with van der Waals surface area (Å²) >= 11 is 45.3. The smallest absolute Gasteiger partial charge is 0.273 e. The molecule has 6 nitrogen and oxygen atoms in total. The number of hydrazine groups is 1. The predicted octanol–water partition coefficient (Wildman–Crippen LogP) is 6.34. The average Bonchev–Trinajstić information content (AvgIpc) is 3.26. The van der Waals surface area contributed by atoms with Gasteiger partial charge in [-0.1, -0.05) is 87.8 Å². The van der Waals surface area contributed by atoms with Gasteiger partial charge in [-0.05, 0) is 31.2 Å². The largest absolute Gasteiger partial charge is 0.292 e. The van der Waals surface area contributed by atoms with Gasteiger partial charge in [-0.25, -0.2) is 5.01 Å². The maximum Gasteiger partial charge on any atom is 0.273 e. The van der Waals surface area contributed by atoms with Crippen molar-refractivity contribution in [3.05, 3.63) is 80.3 Å². The summed E-state index contributed by atoms with van der Waals surface area (Å²) in [6.07, 6.45) is 0. The van der Waals surface area contributed by atoms with Gasteiger partial charge in [0.15, 0.2) is 10.1 Å². The molecule has 1 aliphatic heterocycles. The number of carbonyl (C=O) groups is 4. The van der Waals surface area contributed by atoms with Crippen molar-refractivity contribution in [2.45, 2.75) is 21.0 Å². The number of alkyl halides is 4. The van der Waals surface area contributed by atoms with Crippen LogP contribution in [0.2, 0.25) is 5.02 Å².